The first-order chi connectivity index (χ1) is 3.46. The average Bonchev–Trinajstić information content (AvgIpc) is 1.25. The molecule has 0 radical (unpaired) electrons. The Kier molecular flexibility index (Phi) is 35.9. The smallest absolute Gasteiger partial charge is 0.300 e. The van der Waals surface area contributed by atoms with E-state index in [1.807, 2.05) is 0 Å². The van der Waals surface area contributed by atoms with Crippen molar-refractivity contribution in [2.45, 2.75) is 6.92 Å². The Bertz CT molecular complexity index is 76.5. The van der Waals surface area contributed by atoms with E-state index < -0.39 is 5.97 Å². The number of nitrogens with one attached hydrogen (secondary N) is 1. The van der Waals surface area contributed by atoms with Crippen LogP contribution in [0, 0.1) is 5.41 Å². The zero-order valence-electron chi connectivity index (χ0n) is 5.72. The maximum Gasteiger partial charge on any atom is 0.300 e. The van der Waals surface area contributed by atoms with Gasteiger partial charge in [-0.2, -0.15) is 0 Å². The van der Waals surface area contributed by atoms with Crippen molar-refractivity contribution in [1.82, 2.24) is 6.15 Å². The first-order valence-electron chi connectivity index (χ1n) is 1.76. The summed E-state index contributed by atoms with van der Waals surface area (Å²) in [6, 6.07) is 0. The van der Waals surface area contributed by atoms with Crippen LogP contribution >= 0.6 is 0 Å². The van der Waals surface area contributed by atoms with Gasteiger partial charge in [-0.05, 0) is 0 Å². The summed E-state index contributed by atoms with van der Waals surface area (Å²) in [7, 11) is 0. The third kappa shape index (κ3) is 1890. The minimum absolute atomic E-state index is 0. The molecule has 0 aliphatic rings. The van der Waals surface area contributed by atoms with E-state index >= 15 is 0 Å². The van der Waals surface area contributed by atoms with Gasteiger partial charge in [-0.3, -0.25) is 10.2 Å². The normalized spacial score (nSPS) is 4.90. The number of rotatable bonds is 0. The fourth-order valence-electron chi connectivity index (χ4n) is 0. The molecule has 0 spiro atoms. The fraction of sp³-hybridized carbons (Fsp3) is 0.333. The molecular weight excluding hydrogens is 215 g/mol. The Labute approximate surface area is 78.2 Å². The number of nitrogens with two attached hydrogens (primary N) is 2. The molecule has 9 N–H and O–H groups in total. The molecule has 10 heavy (non-hydrogen) atoms. The number of carboxylic acids is 1. The van der Waals surface area contributed by atoms with Crippen molar-refractivity contribution in [3.8, 4) is 0 Å². The molecular formula is C3H12N4O2Zr. The van der Waals surface area contributed by atoms with Gasteiger partial charge < -0.3 is 22.7 Å². The van der Waals surface area contributed by atoms with Gasteiger partial charge in [-0.1, -0.05) is 0 Å². The molecule has 0 amide bonds. The molecule has 0 saturated heterocycles. The first-order valence-corrected chi connectivity index (χ1v) is 1.76. The molecule has 0 rings (SSSR count). The molecule has 0 aliphatic heterocycles. The van der Waals surface area contributed by atoms with Gasteiger partial charge in [-0.15, -0.1) is 0 Å². The summed E-state index contributed by atoms with van der Waals surface area (Å²) in [6.45, 7) is 1.08. The Balaban J connectivity index is -0.0000000300. The number of hydrogen-bond donors (Lipinski definition) is 5. The van der Waals surface area contributed by atoms with Crippen LogP contribution in [0.4, 0.5) is 0 Å². The van der Waals surface area contributed by atoms with E-state index in [2.05, 4.69) is 11.5 Å². The van der Waals surface area contributed by atoms with Crippen molar-refractivity contribution < 1.29 is 36.1 Å². The van der Waals surface area contributed by atoms with Crippen molar-refractivity contribution in [2.75, 3.05) is 0 Å². The Morgan fingerprint density at radius 2 is 1.50 bits per heavy atom. The predicted molar refractivity (Wildman–Crippen MR) is 34.4 cm³/mol. The zero-order chi connectivity index (χ0) is 7.15. The molecule has 0 bridgehead atoms. The van der Waals surface area contributed by atoms with Crippen molar-refractivity contribution in [1.29, 1.82) is 5.41 Å². The van der Waals surface area contributed by atoms with E-state index in [1.54, 1.807) is 0 Å². The molecule has 0 aromatic heterocycles. The zero-order valence-corrected chi connectivity index (χ0v) is 8.18. The van der Waals surface area contributed by atoms with Crippen molar-refractivity contribution in [2.24, 2.45) is 11.5 Å². The minimum Gasteiger partial charge on any atom is -0.481 e. The Morgan fingerprint density at radius 3 is 1.50 bits per heavy atom. The van der Waals surface area contributed by atoms with Crippen LogP contribution < -0.4 is 17.6 Å². The SMILES string of the molecule is CC(=O)O.N.N=C(N)N.[Zr]. The number of hydrogen-bond acceptors (Lipinski definition) is 3. The van der Waals surface area contributed by atoms with Gasteiger partial charge >= 0.3 is 0 Å². The summed E-state index contributed by atoms with van der Waals surface area (Å²) < 4.78 is 0. The van der Waals surface area contributed by atoms with Crippen LogP contribution in [0.25, 0.3) is 0 Å². The number of carboxylic acid groups (broad SMARTS) is 1. The first kappa shape index (κ1) is 22.6. The second-order valence-corrected chi connectivity index (χ2v) is 0.974. The number of carbonyl (C=O) groups is 1. The van der Waals surface area contributed by atoms with Crippen LogP contribution in [0.3, 0.4) is 0 Å². The van der Waals surface area contributed by atoms with E-state index in [0.717, 1.165) is 6.92 Å². The molecule has 0 saturated carbocycles. The third-order valence-electron chi connectivity index (χ3n) is 0. The molecule has 0 aromatic carbocycles. The quantitative estimate of drug-likeness (QED) is 0.268. The summed E-state index contributed by atoms with van der Waals surface area (Å²) in [5.74, 6) is -1.17. The van der Waals surface area contributed by atoms with E-state index in [1.165, 1.54) is 0 Å². The molecule has 0 heterocycles. The van der Waals surface area contributed by atoms with Crippen LogP contribution in [0.2, 0.25) is 0 Å². The molecule has 6 nitrogen and oxygen atoms in total. The molecule has 0 fully saturated rings. The largest absolute Gasteiger partial charge is 0.481 e. The Morgan fingerprint density at radius 1 is 1.50 bits per heavy atom. The van der Waals surface area contributed by atoms with E-state index in [0.29, 0.717) is 0 Å². The maximum atomic E-state index is 9.00. The average molecular weight is 227 g/mol. The Hall–Kier alpha value is -0.417. The van der Waals surface area contributed by atoms with Gasteiger partial charge in [0.2, 0.25) is 0 Å². The summed E-state index contributed by atoms with van der Waals surface area (Å²) in [5, 5.41) is 13.5. The molecule has 0 aliphatic carbocycles. The van der Waals surface area contributed by atoms with Gasteiger partial charge in [0, 0.05) is 33.1 Å². The third-order valence-corrected chi connectivity index (χ3v) is 0. The molecule has 7 heteroatoms. The van der Waals surface area contributed by atoms with Crippen molar-refractivity contribution >= 4 is 11.9 Å². The summed E-state index contributed by atoms with van der Waals surface area (Å²) >= 11 is 0. The second-order valence-electron chi connectivity index (χ2n) is 0.974. The van der Waals surface area contributed by atoms with Crippen LogP contribution in [-0.2, 0) is 31.0 Å². The topological polar surface area (TPSA) is 148 Å². The number of guanidine groups is 1. The van der Waals surface area contributed by atoms with Crippen molar-refractivity contribution in [3.05, 3.63) is 0 Å². The van der Waals surface area contributed by atoms with E-state index in [9.17, 15) is 0 Å². The fourth-order valence-corrected chi connectivity index (χ4v) is 0. The van der Waals surface area contributed by atoms with E-state index in [-0.39, 0.29) is 38.3 Å². The summed E-state index contributed by atoms with van der Waals surface area (Å²) in [6.07, 6.45) is 0. The van der Waals surface area contributed by atoms with E-state index in [4.69, 9.17) is 15.3 Å². The van der Waals surface area contributed by atoms with Gasteiger partial charge in [0.15, 0.2) is 5.96 Å². The summed E-state index contributed by atoms with van der Waals surface area (Å²) in [5.41, 5.74) is 8.94. The van der Waals surface area contributed by atoms with Crippen LogP contribution in [-0.4, -0.2) is 17.0 Å². The van der Waals surface area contributed by atoms with Crippen LogP contribution in [0.15, 0.2) is 0 Å². The van der Waals surface area contributed by atoms with Gasteiger partial charge in [-0.25, -0.2) is 0 Å². The van der Waals surface area contributed by atoms with Crippen LogP contribution in [0.1, 0.15) is 6.92 Å². The molecule has 0 aromatic rings. The van der Waals surface area contributed by atoms with Crippen molar-refractivity contribution in [3.63, 3.8) is 0 Å². The monoisotopic (exact) mass is 226 g/mol. The standard InChI is InChI=1S/C2H4O2.CH5N3.H3N.Zr/c1-2(3)4;2-1(3)4;;/h1H3,(H,3,4);(H5,2,3,4);1H3;. The molecule has 60 valence electrons. The minimum atomic E-state index is -0.833. The van der Waals surface area contributed by atoms with Crippen LogP contribution in [0.5, 0.6) is 0 Å². The van der Waals surface area contributed by atoms with Gasteiger partial charge in [0.25, 0.3) is 5.97 Å². The summed E-state index contributed by atoms with van der Waals surface area (Å²) in [4.78, 5) is 9.00. The maximum absolute atomic E-state index is 9.00. The van der Waals surface area contributed by atoms with Gasteiger partial charge in [0.1, 0.15) is 0 Å². The molecule has 0 atom stereocenters. The predicted octanol–water partition coefficient (Wildman–Crippen LogP) is -0.911. The van der Waals surface area contributed by atoms with Gasteiger partial charge in [0.05, 0.1) is 0 Å². The number of aliphatic carboxylic acids is 1. The molecule has 0 unspecified atom stereocenters. The second kappa shape index (κ2) is 15.8.